The highest BCUT2D eigenvalue weighted by Gasteiger charge is 2.04. The number of hydrogen-bond acceptors (Lipinski definition) is 2. The first-order chi connectivity index (χ1) is 4.68. The van der Waals surface area contributed by atoms with Gasteiger partial charge in [0.25, 0.3) is 0 Å². The molecular weight excluding hydrogens is 142 g/mol. The molecule has 0 aliphatic rings. The van der Waals surface area contributed by atoms with Crippen LogP contribution < -0.4 is 0 Å². The van der Waals surface area contributed by atoms with Crippen LogP contribution >= 0.6 is 11.8 Å². The van der Waals surface area contributed by atoms with E-state index >= 15 is 0 Å². The Morgan fingerprint density at radius 2 is 2.00 bits per heavy atom. The van der Waals surface area contributed by atoms with Gasteiger partial charge < -0.3 is 0 Å². The minimum absolute atomic E-state index is 0.642. The van der Waals surface area contributed by atoms with Gasteiger partial charge in [-0.25, -0.2) is 0 Å². The molecule has 0 saturated heterocycles. The monoisotopic (exact) mass is 157 g/mol. The zero-order valence-electron chi connectivity index (χ0n) is 6.87. The van der Waals surface area contributed by atoms with Crippen LogP contribution in [-0.4, -0.2) is 10.8 Å². The first kappa shape index (κ1) is 9.76. The predicted octanol–water partition coefficient (Wildman–Crippen LogP) is 2.94. The summed E-state index contributed by atoms with van der Waals surface area (Å²) in [6, 6.07) is 0. The summed E-state index contributed by atoms with van der Waals surface area (Å²) in [6.45, 7) is 10.1. The zero-order valence-corrected chi connectivity index (χ0v) is 7.69. The Bertz CT molecular complexity index is 118. The van der Waals surface area contributed by atoms with Crippen LogP contribution in [0.1, 0.15) is 20.8 Å². The molecule has 0 N–H and O–H groups in total. The van der Waals surface area contributed by atoms with Crippen molar-refractivity contribution in [2.24, 2.45) is 10.9 Å². The summed E-state index contributed by atoms with van der Waals surface area (Å²) in [5.74, 6) is 0.710. The second kappa shape index (κ2) is 5.54. The van der Waals surface area contributed by atoms with Crippen LogP contribution in [0.25, 0.3) is 0 Å². The highest BCUT2D eigenvalue weighted by Crippen LogP contribution is 2.15. The van der Waals surface area contributed by atoms with Gasteiger partial charge in [-0.2, -0.15) is 0 Å². The SMILES string of the molecule is C=CN=CSC(C)C(C)C. The molecule has 0 bridgehead atoms. The third-order valence-electron chi connectivity index (χ3n) is 1.38. The second-order valence-corrected chi connectivity index (χ2v) is 3.75. The molecule has 0 aromatic rings. The molecule has 0 aliphatic heterocycles. The molecule has 1 nitrogen and oxygen atoms in total. The Morgan fingerprint density at radius 3 is 2.40 bits per heavy atom. The zero-order chi connectivity index (χ0) is 7.98. The molecule has 0 aromatic carbocycles. The average molecular weight is 157 g/mol. The molecule has 0 aromatic heterocycles. The van der Waals surface area contributed by atoms with Gasteiger partial charge >= 0.3 is 0 Å². The maximum Gasteiger partial charge on any atom is 0.0599 e. The van der Waals surface area contributed by atoms with E-state index in [0.717, 1.165) is 0 Å². The van der Waals surface area contributed by atoms with Gasteiger partial charge in [-0.15, -0.1) is 11.8 Å². The molecule has 0 aliphatic carbocycles. The lowest BCUT2D eigenvalue weighted by Gasteiger charge is -2.10. The summed E-state index contributed by atoms with van der Waals surface area (Å²) in [5, 5.41) is 0.642. The summed E-state index contributed by atoms with van der Waals surface area (Å²) >= 11 is 1.75. The third-order valence-corrected chi connectivity index (χ3v) is 2.60. The molecular formula is C8H15NS. The fourth-order valence-electron chi connectivity index (χ4n) is 0.331. The van der Waals surface area contributed by atoms with E-state index in [1.165, 1.54) is 0 Å². The number of hydrogen-bond donors (Lipinski definition) is 0. The topological polar surface area (TPSA) is 12.4 Å². The summed E-state index contributed by atoms with van der Waals surface area (Å²) in [4.78, 5) is 3.90. The maximum atomic E-state index is 3.90. The van der Waals surface area contributed by atoms with Crippen molar-refractivity contribution in [3.05, 3.63) is 12.8 Å². The van der Waals surface area contributed by atoms with Crippen LogP contribution in [0.5, 0.6) is 0 Å². The standard InChI is InChI=1S/C8H15NS/c1-5-9-6-10-8(4)7(2)3/h5-8H,1H2,2-4H3. The molecule has 0 spiro atoms. The highest BCUT2D eigenvalue weighted by molar-refractivity contribution is 8.12. The normalized spacial score (nSPS) is 14.4. The van der Waals surface area contributed by atoms with Gasteiger partial charge in [0.05, 0.1) is 5.55 Å². The van der Waals surface area contributed by atoms with Crippen LogP contribution in [0, 0.1) is 5.92 Å². The molecule has 0 radical (unpaired) electrons. The minimum atomic E-state index is 0.642. The predicted molar refractivity (Wildman–Crippen MR) is 50.6 cm³/mol. The fourth-order valence-corrected chi connectivity index (χ4v) is 0.994. The molecule has 58 valence electrons. The van der Waals surface area contributed by atoms with Crippen molar-refractivity contribution in [1.82, 2.24) is 0 Å². The van der Waals surface area contributed by atoms with Crippen molar-refractivity contribution in [1.29, 1.82) is 0 Å². The van der Waals surface area contributed by atoms with Gasteiger partial charge in [-0.1, -0.05) is 27.4 Å². The van der Waals surface area contributed by atoms with E-state index < -0.39 is 0 Å². The molecule has 1 unspecified atom stereocenters. The largest absolute Gasteiger partial charge is 0.258 e. The summed E-state index contributed by atoms with van der Waals surface area (Å²) in [6.07, 6.45) is 1.56. The quantitative estimate of drug-likeness (QED) is 0.451. The Morgan fingerprint density at radius 1 is 1.40 bits per heavy atom. The van der Waals surface area contributed by atoms with Crippen molar-refractivity contribution < 1.29 is 0 Å². The molecule has 1 atom stereocenters. The lowest BCUT2D eigenvalue weighted by Crippen LogP contribution is -2.04. The Labute approximate surface area is 67.6 Å². The van der Waals surface area contributed by atoms with E-state index in [0.29, 0.717) is 11.2 Å². The molecule has 0 saturated carbocycles. The molecule has 0 amide bonds. The third kappa shape index (κ3) is 4.62. The van der Waals surface area contributed by atoms with E-state index in [1.807, 2.05) is 5.55 Å². The van der Waals surface area contributed by atoms with Crippen LogP contribution in [0.2, 0.25) is 0 Å². The smallest absolute Gasteiger partial charge is 0.0599 e. The minimum Gasteiger partial charge on any atom is -0.258 e. The van der Waals surface area contributed by atoms with Crippen LogP contribution in [0.3, 0.4) is 0 Å². The lowest BCUT2D eigenvalue weighted by molar-refractivity contribution is 0.644. The molecule has 0 rings (SSSR count). The highest BCUT2D eigenvalue weighted by atomic mass is 32.2. The van der Waals surface area contributed by atoms with Crippen molar-refractivity contribution in [3.63, 3.8) is 0 Å². The van der Waals surface area contributed by atoms with Crippen molar-refractivity contribution in [3.8, 4) is 0 Å². The first-order valence-corrected chi connectivity index (χ1v) is 4.40. The Balaban J connectivity index is 3.48. The van der Waals surface area contributed by atoms with Crippen LogP contribution in [0.4, 0.5) is 0 Å². The Kier molecular flexibility index (Phi) is 5.40. The van der Waals surface area contributed by atoms with Gasteiger partial charge in [0.2, 0.25) is 0 Å². The first-order valence-electron chi connectivity index (χ1n) is 3.46. The van der Waals surface area contributed by atoms with Crippen molar-refractivity contribution in [2.75, 3.05) is 0 Å². The van der Waals surface area contributed by atoms with Crippen LogP contribution in [0.15, 0.2) is 17.8 Å². The Hall–Kier alpha value is -0.240. The van der Waals surface area contributed by atoms with E-state index in [1.54, 1.807) is 18.0 Å². The van der Waals surface area contributed by atoms with E-state index in [9.17, 15) is 0 Å². The maximum absolute atomic E-state index is 3.90. The van der Waals surface area contributed by atoms with Gasteiger partial charge in [-0.05, 0) is 5.92 Å². The summed E-state index contributed by atoms with van der Waals surface area (Å²) in [7, 11) is 0. The number of thioether (sulfide) groups is 1. The van der Waals surface area contributed by atoms with Gasteiger partial charge in [0.1, 0.15) is 0 Å². The average Bonchev–Trinajstić information content (AvgIpc) is 1.88. The van der Waals surface area contributed by atoms with E-state index in [2.05, 4.69) is 32.3 Å². The fraction of sp³-hybridized carbons (Fsp3) is 0.625. The van der Waals surface area contributed by atoms with E-state index in [4.69, 9.17) is 0 Å². The number of aliphatic imine (C=N–C) groups is 1. The lowest BCUT2D eigenvalue weighted by atomic mass is 10.2. The number of nitrogens with zero attached hydrogens (tertiary/aromatic N) is 1. The van der Waals surface area contributed by atoms with Crippen LogP contribution in [-0.2, 0) is 0 Å². The molecule has 2 heteroatoms. The number of rotatable bonds is 4. The molecule has 10 heavy (non-hydrogen) atoms. The van der Waals surface area contributed by atoms with Gasteiger partial charge in [0, 0.05) is 11.4 Å². The van der Waals surface area contributed by atoms with E-state index in [-0.39, 0.29) is 0 Å². The molecule has 0 fully saturated rings. The summed E-state index contributed by atoms with van der Waals surface area (Å²) in [5.41, 5.74) is 1.84. The summed E-state index contributed by atoms with van der Waals surface area (Å²) < 4.78 is 0. The second-order valence-electron chi connectivity index (χ2n) is 2.52. The van der Waals surface area contributed by atoms with Gasteiger partial charge in [-0.3, -0.25) is 4.99 Å². The van der Waals surface area contributed by atoms with Crippen molar-refractivity contribution >= 4 is 17.3 Å². The molecule has 0 heterocycles. The van der Waals surface area contributed by atoms with Gasteiger partial charge in [0.15, 0.2) is 0 Å². The van der Waals surface area contributed by atoms with Crippen molar-refractivity contribution in [2.45, 2.75) is 26.0 Å².